The number of hydrogen-bond donors (Lipinski definition) is 0. The van der Waals surface area contributed by atoms with Crippen LogP contribution in [0.1, 0.15) is 47.0 Å². The number of carbonyl (C=O) groups is 1. The van der Waals surface area contributed by atoms with Crippen molar-refractivity contribution in [1.82, 2.24) is 24.5 Å². The highest BCUT2D eigenvalue weighted by Crippen LogP contribution is 2.24. The first-order chi connectivity index (χ1) is 12.0. The van der Waals surface area contributed by atoms with E-state index >= 15 is 0 Å². The Balaban J connectivity index is 1.71. The zero-order valence-corrected chi connectivity index (χ0v) is 15.5. The molecule has 1 aliphatic heterocycles. The zero-order valence-electron chi connectivity index (χ0n) is 15.5. The van der Waals surface area contributed by atoms with Crippen LogP contribution < -0.4 is 0 Å². The topological polar surface area (TPSA) is 65.2 Å². The lowest BCUT2D eigenvalue weighted by Crippen LogP contribution is -2.31. The number of aromatic nitrogens is 4. The summed E-state index contributed by atoms with van der Waals surface area (Å²) in [5.41, 5.74) is 3.67. The molecule has 7 heteroatoms. The Morgan fingerprint density at radius 2 is 2.00 bits per heavy atom. The molecule has 1 amide bonds. The Bertz CT molecular complexity index is 749. The van der Waals surface area contributed by atoms with Crippen LogP contribution in [-0.4, -0.2) is 56.7 Å². The normalized spacial score (nSPS) is 17.4. The molecule has 3 heterocycles. The molecule has 0 N–H and O–H groups in total. The summed E-state index contributed by atoms with van der Waals surface area (Å²) in [4.78, 5) is 14.9. The van der Waals surface area contributed by atoms with Gasteiger partial charge in [0.05, 0.1) is 30.6 Å². The van der Waals surface area contributed by atoms with E-state index in [4.69, 9.17) is 4.74 Å². The molecule has 0 saturated carbocycles. The third-order valence-electron chi connectivity index (χ3n) is 4.61. The first-order valence-corrected chi connectivity index (χ1v) is 8.93. The van der Waals surface area contributed by atoms with Gasteiger partial charge in [-0.1, -0.05) is 0 Å². The van der Waals surface area contributed by atoms with Gasteiger partial charge in [-0.3, -0.25) is 14.2 Å². The Morgan fingerprint density at radius 1 is 1.24 bits per heavy atom. The molecule has 0 spiro atoms. The molecule has 3 rings (SSSR count). The van der Waals surface area contributed by atoms with Gasteiger partial charge in [0, 0.05) is 25.4 Å². The maximum absolute atomic E-state index is 13.0. The number of carbonyl (C=O) groups excluding carboxylic acids is 1. The second-order valence-corrected chi connectivity index (χ2v) is 6.66. The largest absolute Gasteiger partial charge is 0.380 e. The molecule has 0 unspecified atom stereocenters. The van der Waals surface area contributed by atoms with E-state index in [2.05, 4.69) is 27.9 Å². The lowest BCUT2D eigenvalue weighted by Gasteiger charge is -2.18. The lowest BCUT2D eigenvalue weighted by atomic mass is 10.2. The van der Waals surface area contributed by atoms with Crippen molar-refractivity contribution in [2.75, 3.05) is 26.3 Å². The van der Waals surface area contributed by atoms with Crippen LogP contribution >= 0.6 is 0 Å². The number of amides is 1. The molecule has 2 aromatic rings. The van der Waals surface area contributed by atoms with Crippen molar-refractivity contribution in [1.29, 1.82) is 0 Å². The summed E-state index contributed by atoms with van der Waals surface area (Å²) in [7, 11) is 0. The minimum atomic E-state index is 0.0427. The second kappa shape index (κ2) is 7.39. The molecule has 25 heavy (non-hydrogen) atoms. The molecule has 1 fully saturated rings. The Kier molecular flexibility index (Phi) is 5.22. The minimum absolute atomic E-state index is 0.0427. The molecule has 2 aromatic heterocycles. The van der Waals surface area contributed by atoms with Crippen LogP contribution in [0.5, 0.6) is 0 Å². The van der Waals surface area contributed by atoms with Crippen LogP contribution in [0.2, 0.25) is 0 Å². The summed E-state index contributed by atoms with van der Waals surface area (Å²) in [6, 6.07) is 4.19. The van der Waals surface area contributed by atoms with Gasteiger partial charge in [0.15, 0.2) is 0 Å². The highest BCUT2D eigenvalue weighted by Gasteiger charge is 2.31. The minimum Gasteiger partial charge on any atom is -0.380 e. The fourth-order valence-corrected chi connectivity index (χ4v) is 3.49. The van der Waals surface area contributed by atoms with E-state index < -0.39 is 0 Å². The number of nitrogens with zero attached hydrogens (tertiary/aromatic N) is 5. The smallest absolute Gasteiger partial charge is 0.272 e. The van der Waals surface area contributed by atoms with E-state index in [9.17, 15) is 4.79 Å². The highest BCUT2D eigenvalue weighted by molar-refractivity contribution is 5.93. The summed E-state index contributed by atoms with van der Waals surface area (Å²) in [5, 5.41) is 9.02. The standard InChI is InChI=1S/C18H27N5O2/c1-5-25-9-8-22-17(11-14(3)19-22)18(24)21-7-6-16(12-21)23-15(4)10-13(2)20-23/h10-11,16H,5-9,12H2,1-4H3/t16-/m0/s1. The summed E-state index contributed by atoms with van der Waals surface area (Å²) < 4.78 is 9.22. The first kappa shape index (κ1) is 17.7. The Hall–Kier alpha value is -2.15. The van der Waals surface area contributed by atoms with Gasteiger partial charge in [-0.15, -0.1) is 0 Å². The summed E-state index contributed by atoms with van der Waals surface area (Å²) in [5.74, 6) is 0.0427. The van der Waals surface area contributed by atoms with E-state index in [1.165, 1.54) is 0 Å². The average molecular weight is 345 g/mol. The predicted octanol–water partition coefficient (Wildman–Crippen LogP) is 2.13. The van der Waals surface area contributed by atoms with Gasteiger partial charge in [0.2, 0.25) is 0 Å². The summed E-state index contributed by atoms with van der Waals surface area (Å²) in [6.45, 7) is 11.2. The van der Waals surface area contributed by atoms with Crippen molar-refractivity contribution >= 4 is 5.91 Å². The molecule has 136 valence electrons. The van der Waals surface area contributed by atoms with Gasteiger partial charge in [-0.2, -0.15) is 10.2 Å². The summed E-state index contributed by atoms with van der Waals surface area (Å²) >= 11 is 0. The Labute approximate surface area is 148 Å². The monoisotopic (exact) mass is 345 g/mol. The fraction of sp³-hybridized carbons (Fsp3) is 0.611. The van der Waals surface area contributed by atoms with Gasteiger partial charge < -0.3 is 9.64 Å². The number of ether oxygens (including phenoxy) is 1. The van der Waals surface area contributed by atoms with Crippen molar-refractivity contribution in [2.24, 2.45) is 0 Å². The van der Waals surface area contributed by atoms with E-state index in [1.54, 1.807) is 4.68 Å². The van der Waals surface area contributed by atoms with Crippen LogP contribution in [0, 0.1) is 20.8 Å². The van der Waals surface area contributed by atoms with Crippen LogP contribution in [0.15, 0.2) is 12.1 Å². The maximum atomic E-state index is 13.0. The van der Waals surface area contributed by atoms with Crippen molar-refractivity contribution in [3.8, 4) is 0 Å². The van der Waals surface area contributed by atoms with Crippen molar-refractivity contribution in [2.45, 2.75) is 46.7 Å². The maximum Gasteiger partial charge on any atom is 0.272 e. The Morgan fingerprint density at radius 3 is 2.68 bits per heavy atom. The quantitative estimate of drug-likeness (QED) is 0.752. The summed E-state index contributed by atoms with van der Waals surface area (Å²) in [6.07, 6.45) is 0.930. The van der Waals surface area contributed by atoms with E-state index in [1.807, 2.05) is 31.7 Å². The third-order valence-corrected chi connectivity index (χ3v) is 4.61. The number of likely N-dealkylation sites (tertiary alicyclic amines) is 1. The fourth-order valence-electron chi connectivity index (χ4n) is 3.49. The first-order valence-electron chi connectivity index (χ1n) is 8.93. The molecule has 0 bridgehead atoms. The molecular formula is C18H27N5O2. The van der Waals surface area contributed by atoms with Crippen LogP contribution in [0.25, 0.3) is 0 Å². The SMILES string of the molecule is CCOCCn1nc(C)cc1C(=O)N1CC[C@H](n2nc(C)cc2C)C1. The number of rotatable bonds is 6. The molecule has 0 aliphatic carbocycles. The predicted molar refractivity (Wildman–Crippen MR) is 94.7 cm³/mol. The van der Waals surface area contributed by atoms with Crippen LogP contribution in [0.3, 0.4) is 0 Å². The number of aryl methyl sites for hydroxylation is 3. The van der Waals surface area contributed by atoms with Gasteiger partial charge in [0.1, 0.15) is 5.69 Å². The molecule has 1 aliphatic rings. The molecule has 1 saturated heterocycles. The van der Waals surface area contributed by atoms with Gasteiger partial charge in [-0.25, -0.2) is 0 Å². The van der Waals surface area contributed by atoms with Gasteiger partial charge >= 0.3 is 0 Å². The van der Waals surface area contributed by atoms with E-state index in [0.717, 1.165) is 30.0 Å². The van der Waals surface area contributed by atoms with Crippen LogP contribution in [0.4, 0.5) is 0 Å². The third kappa shape index (κ3) is 3.76. The van der Waals surface area contributed by atoms with Gasteiger partial charge in [0.25, 0.3) is 5.91 Å². The van der Waals surface area contributed by atoms with Crippen molar-refractivity contribution < 1.29 is 9.53 Å². The molecule has 1 atom stereocenters. The van der Waals surface area contributed by atoms with Crippen molar-refractivity contribution in [3.05, 3.63) is 34.9 Å². The average Bonchev–Trinajstić information content (AvgIpc) is 3.26. The van der Waals surface area contributed by atoms with E-state index in [-0.39, 0.29) is 11.9 Å². The molecule has 7 nitrogen and oxygen atoms in total. The lowest BCUT2D eigenvalue weighted by molar-refractivity contribution is 0.0768. The molecular weight excluding hydrogens is 318 g/mol. The highest BCUT2D eigenvalue weighted by atomic mass is 16.5. The molecule has 0 radical (unpaired) electrons. The van der Waals surface area contributed by atoms with Crippen molar-refractivity contribution in [3.63, 3.8) is 0 Å². The van der Waals surface area contributed by atoms with Gasteiger partial charge in [-0.05, 0) is 46.2 Å². The second-order valence-electron chi connectivity index (χ2n) is 6.66. The van der Waals surface area contributed by atoms with Crippen LogP contribution in [-0.2, 0) is 11.3 Å². The zero-order chi connectivity index (χ0) is 18.0. The number of hydrogen-bond acceptors (Lipinski definition) is 4. The molecule has 0 aromatic carbocycles. The van der Waals surface area contributed by atoms with E-state index in [0.29, 0.717) is 32.0 Å².